The molecule has 2 aromatic heterocycles. The molecule has 1 aliphatic heterocycles. The van der Waals surface area contributed by atoms with Crippen molar-refractivity contribution in [1.29, 1.82) is 0 Å². The van der Waals surface area contributed by atoms with Crippen molar-refractivity contribution in [2.24, 2.45) is 7.05 Å². The van der Waals surface area contributed by atoms with Crippen LogP contribution in [0.4, 0.5) is 10.9 Å². The molecule has 1 aliphatic rings. The summed E-state index contributed by atoms with van der Waals surface area (Å²) in [6, 6.07) is 7.72. The highest BCUT2D eigenvalue weighted by Gasteiger charge is 2.21. The average molecular weight is 355 g/mol. The Hall–Kier alpha value is -2.41. The van der Waals surface area contributed by atoms with Crippen LogP contribution in [0.5, 0.6) is 0 Å². The molecule has 0 saturated carbocycles. The quantitative estimate of drug-likeness (QED) is 0.706. The van der Waals surface area contributed by atoms with Crippen LogP contribution in [0.1, 0.15) is 11.1 Å². The summed E-state index contributed by atoms with van der Waals surface area (Å²) in [5, 5.41) is 5.44. The molecule has 0 radical (unpaired) electrons. The number of aryl methyl sites for hydroxylation is 3. The van der Waals surface area contributed by atoms with E-state index in [2.05, 4.69) is 40.9 Å². The number of aromatic nitrogens is 3. The molecule has 3 aromatic rings. The Morgan fingerprint density at radius 3 is 2.44 bits per heavy atom. The highest BCUT2D eigenvalue weighted by atomic mass is 32.1. The molecule has 1 fully saturated rings. The van der Waals surface area contributed by atoms with E-state index in [-0.39, 0.29) is 5.56 Å². The van der Waals surface area contributed by atoms with Crippen molar-refractivity contribution >= 4 is 32.5 Å². The molecule has 1 saturated heterocycles. The summed E-state index contributed by atoms with van der Waals surface area (Å²) in [5.74, 6) is 0.859. The lowest BCUT2D eigenvalue weighted by Gasteiger charge is -2.35. The van der Waals surface area contributed by atoms with Crippen LogP contribution in [-0.4, -0.2) is 40.9 Å². The normalized spacial score (nSPS) is 15.2. The Bertz CT molecular complexity index is 985. The van der Waals surface area contributed by atoms with E-state index in [0.29, 0.717) is 0 Å². The third-order valence-electron chi connectivity index (χ3n) is 4.89. The topological polar surface area (TPSA) is 54.3 Å². The number of anilines is 2. The summed E-state index contributed by atoms with van der Waals surface area (Å²) in [6.45, 7) is 7.83. The number of thiazole rings is 1. The lowest BCUT2D eigenvalue weighted by atomic mass is 10.1. The van der Waals surface area contributed by atoms with Crippen LogP contribution in [0.15, 0.2) is 29.1 Å². The summed E-state index contributed by atoms with van der Waals surface area (Å²) >= 11 is 1.76. The van der Waals surface area contributed by atoms with Gasteiger partial charge in [0.25, 0.3) is 5.56 Å². The van der Waals surface area contributed by atoms with Crippen molar-refractivity contribution in [3.8, 4) is 0 Å². The van der Waals surface area contributed by atoms with Gasteiger partial charge in [0.15, 0.2) is 5.13 Å². The summed E-state index contributed by atoms with van der Waals surface area (Å²) < 4.78 is 2.64. The maximum Gasteiger partial charge on any atom is 0.266 e. The second kappa shape index (κ2) is 6.15. The maximum absolute atomic E-state index is 11.5. The molecule has 7 heteroatoms. The molecule has 130 valence electrons. The number of nitrogens with zero attached hydrogens (tertiary/aromatic N) is 5. The Kier molecular flexibility index (Phi) is 3.95. The van der Waals surface area contributed by atoms with Crippen LogP contribution in [0.2, 0.25) is 0 Å². The number of benzene rings is 1. The summed E-state index contributed by atoms with van der Waals surface area (Å²) in [4.78, 5) is 20.9. The van der Waals surface area contributed by atoms with Crippen LogP contribution >= 0.6 is 11.3 Å². The van der Waals surface area contributed by atoms with Crippen molar-refractivity contribution in [2.45, 2.75) is 13.8 Å². The molecular formula is C18H21N5OS. The van der Waals surface area contributed by atoms with Gasteiger partial charge in [-0.05, 0) is 37.1 Å². The second-order valence-electron chi connectivity index (χ2n) is 6.48. The molecule has 3 heterocycles. The molecule has 1 aromatic carbocycles. The van der Waals surface area contributed by atoms with Gasteiger partial charge in [-0.15, -0.1) is 0 Å². The van der Waals surface area contributed by atoms with Gasteiger partial charge in [-0.25, -0.2) is 9.67 Å². The van der Waals surface area contributed by atoms with Crippen molar-refractivity contribution in [2.75, 3.05) is 36.0 Å². The van der Waals surface area contributed by atoms with E-state index >= 15 is 0 Å². The largest absolute Gasteiger partial charge is 0.352 e. The standard InChI is InChI=1S/C18H21N5OS/c1-12-4-5-14-17(13(12)2)19-18(25-14)23-10-8-22(9-11-23)15-6-7-16(24)21(3)20-15/h4-7H,8-11H2,1-3H3. The summed E-state index contributed by atoms with van der Waals surface area (Å²) in [5.41, 5.74) is 3.60. The van der Waals surface area contributed by atoms with E-state index in [9.17, 15) is 4.79 Å². The van der Waals surface area contributed by atoms with Gasteiger partial charge < -0.3 is 9.80 Å². The zero-order valence-corrected chi connectivity index (χ0v) is 15.5. The van der Waals surface area contributed by atoms with Gasteiger partial charge in [-0.2, -0.15) is 5.10 Å². The van der Waals surface area contributed by atoms with E-state index in [1.54, 1.807) is 24.5 Å². The van der Waals surface area contributed by atoms with Gasteiger partial charge in [-0.1, -0.05) is 17.4 Å². The van der Waals surface area contributed by atoms with Crippen LogP contribution in [0.25, 0.3) is 10.2 Å². The van der Waals surface area contributed by atoms with Gasteiger partial charge in [0, 0.05) is 39.3 Å². The zero-order chi connectivity index (χ0) is 17.6. The van der Waals surface area contributed by atoms with Crippen molar-refractivity contribution in [3.63, 3.8) is 0 Å². The third kappa shape index (κ3) is 2.89. The molecule has 6 nitrogen and oxygen atoms in total. The molecule has 0 aliphatic carbocycles. The smallest absolute Gasteiger partial charge is 0.266 e. The minimum absolute atomic E-state index is 0.0810. The van der Waals surface area contributed by atoms with E-state index in [1.807, 2.05) is 6.07 Å². The molecule has 25 heavy (non-hydrogen) atoms. The number of rotatable bonds is 2. The SMILES string of the molecule is Cc1ccc2sc(N3CCN(c4ccc(=O)n(C)n4)CC3)nc2c1C. The predicted octanol–water partition coefficient (Wildman–Crippen LogP) is 2.33. The highest BCUT2D eigenvalue weighted by molar-refractivity contribution is 7.22. The predicted molar refractivity (Wildman–Crippen MR) is 103 cm³/mol. The highest BCUT2D eigenvalue weighted by Crippen LogP contribution is 2.32. The van der Waals surface area contributed by atoms with E-state index in [0.717, 1.165) is 42.6 Å². The van der Waals surface area contributed by atoms with Crippen molar-refractivity contribution in [3.05, 3.63) is 45.7 Å². The third-order valence-corrected chi connectivity index (χ3v) is 5.98. The molecule has 0 spiro atoms. The Morgan fingerprint density at radius 2 is 1.72 bits per heavy atom. The first kappa shape index (κ1) is 16.1. The maximum atomic E-state index is 11.5. The molecule has 0 unspecified atom stereocenters. The van der Waals surface area contributed by atoms with E-state index in [4.69, 9.17) is 4.98 Å². The Balaban J connectivity index is 1.52. The van der Waals surface area contributed by atoms with Crippen molar-refractivity contribution in [1.82, 2.24) is 14.8 Å². The van der Waals surface area contributed by atoms with Gasteiger partial charge in [0.1, 0.15) is 5.82 Å². The second-order valence-corrected chi connectivity index (χ2v) is 7.49. The molecule has 0 amide bonds. The first-order chi connectivity index (χ1) is 12.0. The summed E-state index contributed by atoms with van der Waals surface area (Å²) in [7, 11) is 1.69. The zero-order valence-electron chi connectivity index (χ0n) is 14.7. The first-order valence-corrected chi connectivity index (χ1v) is 9.25. The first-order valence-electron chi connectivity index (χ1n) is 8.44. The molecule has 0 bridgehead atoms. The molecule has 4 rings (SSSR count). The van der Waals surface area contributed by atoms with Crippen LogP contribution in [-0.2, 0) is 7.05 Å². The van der Waals surface area contributed by atoms with Gasteiger partial charge >= 0.3 is 0 Å². The van der Waals surface area contributed by atoms with Crippen LogP contribution < -0.4 is 15.4 Å². The van der Waals surface area contributed by atoms with E-state index in [1.165, 1.54) is 20.5 Å². The molecular weight excluding hydrogens is 334 g/mol. The Morgan fingerprint density at radius 1 is 1.00 bits per heavy atom. The number of fused-ring (bicyclic) bond motifs is 1. The van der Waals surface area contributed by atoms with Crippen LogP contribution in [0.3, 0.4) is 0 Å². The molecule has 0 atom stereocenters. The Labute approximate surface area is 150 Å². The number of hydrogen-bond donors (Lipinski definition) is 0. The fourth-order valence-corrected chi connectivity index (χ4v) is 4.21. The minimum Gasteiger partial charge on any atom is -0.352 e. The fourth-order valence-electron chi connectivity index (χ4n) is 3.14. The van der Waals surface area contributed by atoms with Crippen LogP contribution in [0, 0.1) is 13.8 Å². The van der Waals surface area contributed by atoms with E-state index < -0.39 is 0 Å². The monoisotopic (exact) mass is 355 g/mol. The number of hydrogen-bond acceptors (Lipinski definition) is 6. The average Bonchev–Trinajstić information content (AvgIpc) is 3.06. The fraction of sp³-hybridized carbons (Fsp3) is 0.389. The minimum atomic E-state index is -0.0810. The lowest BCUT2D eigenvalue weighted by molar-refractivity contribution is 0.623. The van der Waals surface area contributed by atoms with Gasteiger partial charge in [0.2, 0.25) is 0 Å². The lowest BCUT2D eigenvalue weighted by Crippen LogP contribution is -2.47. The van der Waals surface area contributed by atoms with Gasteiger partial charge in [0.05, 0.1) is 10.2 Å². The van der Waals surface area contributed by atoms with Crippen molar-refractivity contribution < 1.29 is 0 Å². The molecule has 0 N–H and O–H groups in total. The van der Waals surface area contributed by atoms with Gasteiger partial charge in [-0.3, -0.25) is 4.79 Å². The summed E-state index contributed by atoms with van der Waals surface area (Å²) in [6.07, 6.45) is 0. The number of piperazine rings is 1.